The molecular weight excluding hydrogens is 348 g/mol. The molecule has 0 radical (unpaired) electrons. The maximum Gasteiger partial charge on any atom is 0.228 e. The van der Waals surface area contributed by atoms with E-state index in [-0.39, 0.29) is 10.8 Å². The van der Waals surface area contributed by atoms with Crippen molar-refractivity contribution >= 4 is 5.91 Å². The van der Waals surface area contributed by atoms with Gasteiger partial charge in [-0.1, -0.05) is 54.4 Å². The minimum atomic E-state index is -0.290. The largest absolute Gasteiger partial charge is 0.378 e. The molecule has 28 heavy (non-hydrogen) atoms. The van der Waals surface area contributed by atoms with Crippen LogP contribution in [0.15, 0.2) is 0 Å². The lowest BCUT2D eigenvalue weighted by Crippen LogP contribution is -2.51. The lowest BCUT2D eigenvalue weighted by Gasteiger charge is -2.44. The summed E-state index contributed by atoms with van der Waals surface area (Å²) in [5.41, 5.74) is -0.0607. The third-order valence-electron chi connectivity index (χ3n) is 6.92. The minimum Gasteiger partial charge on any atom is -0.378 e. The number of carbonyl (C=O) groups excluding carboxylic acids is 1. The molecule has 0 N–H and O–H groups in total. The van der Waals surface area contributed by atoms with Gasteiger partial charge in [-0.2, -0.15) is 0 Å². The van der Waals surface area contributed by atoms with Crippen molar-refractivity contribution in [2.75, 3.05) is 45.9 Å². The number of likely N-dealkylation sites (tertiary alicyclic amines) is 1. The number of nitrogens with zero attached hydrogens (tertiary/aromatic N) is 2. The Bertz CT molecular complexity index is 477. The maximum absolute atomic E-state index is 13.6. The van der Waals surface area contributed by atoms with E-state index >= 15 is 0 Å². The zero-order valence-electron chi connectivity index (χ0n) is 19.6. The van der Waals surface area contributed by atoms with Crippen molar-refractivity contribution < 1.29 is 9.53 Å². The maximum atomic E-state index is 13.6. The molecule has 2 saturated heterocycles. The zero-order valence-corrected chi connectivity index (χ0v) is 19.6. The first-order valence-electron chi connectivity index (χ1n) is 11.7. The third kappa shape index (κ3) is 6.73. The van der Waals surface area contributed by atoms with Crippen LogP contribution in [0.5, 0.6) is 0 Å². The van der Waals surface area contributed by atoms with Gasteiger partial charge in [0.15, 0.2) is 0 Å². The summed E-state index contributed by atoms with van der Waals surface area (Å²) in [7, 11) is 0. The predicted molar refractivity (Wildman–Crippen MR) is 117 cm³/mol. The summed E-state index contributed by atoms with van der Waals surface area (Å²) in [4.78, 5) is 18.3. The number of amides is 1. The van der Waals surface area contributed by atoms with Crippen molar-refractivity contribution in [1.29, 1.82) is 0 Å². The molecule has 2 fully saturated rings. The van der Waals surface area contributed by atoms with Crippen molar-refractivity contribution in [3.8, 4) is 0 Å². The Morgan fingerprint density at radius 3 is 2.00 bits per heavy atom. The van der Waals surface area contributed by atoms with E-state index in [1.807, 2.05) is 0 Å². The molecule has 4 nitrogen and oxygen atoms in total. The van der Waals surface area contributed by atoms with Gasteiger partial charge in [0.2, 0.25) is 5.91 Å². The number of morpholine rings is 1. The van der Waals surface area contributed by atoms with Gasteiger partial charge in [-0.05, 0) is 56.0 Å². The van der Waals surface area contributed by atoms with Gasteiger partial charge < -0.3 is 14.5 Å². The van der Waals surface area contributed by atoms with Gasteiger partial charge in [0.25, 0.3) is 0 Å². The summed E-state index contributed by atoms with van der Waals surface area (Å²) < 4.78 is 5.48. The molecule has 2 atom stereocenters. The van der Waals surface area contributed by atoms with Gasteiger partial charge >= 0.3 is 0 Å². The zero-order chi connectivity index (χ0) is 20.8. The Hall–Kier alpha value is -0.610. The average Bonchev–Trinajstić information content (AvgIpc) is 2.88. The van der Waals surface area contributed by atoms with Crippen LogP contribution >= 0.6 is 0 Å². The Labute approximate surface area is 174 Å². The summed E-state index contributed by atoms with van der Waals surface area (Å²) in [6, 6.07) is 0. The van der Waals surface area contributed by atoms with Crippen molar-refractivity contribution in [2.45, 2.75) is 80.1 Å². The molecule has 0 aromatic rings. The lowest BCUT2D eigenvalue weighted by atomic mass is 9.66. The van der Waals surface area contributed by atoms with Crippen LogP contribution < -0.4 is 0 Å². The molecule has 2 heterocycles. The molecule has 0 aliphatic carbocycles. The summed E-state index contributed by atoms with van der Waals surface area (Å²) in [5, 5.41) is 0. The second-order valence-corrected chi connectivity index (χ2v) is 10.9. The van der Waals surface area contributed by atoms with Crippen LogP contribution in [0.2, 0.25) is 0 Å². The van der Waals surface area contributed by atoms with Crippen LogP contribution in [0.25, 0.3) is 0 Å². The highest BCUT2D eigenvalue weighted by atomic mass is 16.5. The summed E-state index contributed by atoms with van der Waals surface area (Å²) in [5.74, 6) is 1.24. The second kappa shape index (κ2) is 10.4. The fraction of sp³-hybridized carbons (Fsp3) is 0.958. The predicted octanol–water partition coefficient (Wildman–Crippen LogP) is 4.83. The van der Waals surface area contributed by atoms with E-state index in [0.29, 0.717) is 31.0 Å². The number of carbonyl (C=O) groups is 1. The Morgan fingerprint density at radius 1 is 0.893 bits per heavy atom. The van der Waals surface area contributed by atoms with Crippen molar-refractivity contribution in [3.63, 3.8) is 0 Å². The quantitative estimate of drug-likeness (QED) is 0.591. The standard InChI is InChI=1S/C24H46N2O2/c1-20(2)17-24(6,22(27)26-13-15-28-16-14-26)21(3)18-23(4,5)19-25-11-9-7-8-10-12-25/h20-21H,7-19H2,1-6H3. The Kier molecular flexibility index (Phi) is 8.81. The van der Waals surface area contributed by atoms with Crippen LogP contribution in [-0.4, -0.2) is 61.6 Å². The number of ether oxygens (including phenoxy) is 1. The van der Waals surface area contributed by atoms with E-state index in [1.165, 1.54) is 38.8 Å². The summed E-state index contributed by atoms with van der Waals surface area (Å²) >= 11 is 0. The van der Waals surface area contributed by atoms with Crippen LogP contribution in [-0.2, 0) is 9.53 Å². The third-order valence-corrected chi connectivity index (χ3v) is 6.92. The topological polar surface area (TPSA) is 32.8 Å². The van der Waals surface area contributed by atoms with Crippen molar-refractivity contribution in [1.82, 2.24) is 9.80 Å². The Morgan fingerprint density at radius 2 is 1.46 bits per heavy atom. The molecule has 0 saturated carbocycles. The van der Waals surface area contributed by atoms with Gasteiger partial charge in [0.1, 0.15) is 0 Å². The molecule has 2 aliphatic heterocycles. The van der Waals surface area contributed by atoms with Gasteiger partial charge in [0.05, 0.1) is 13.2 Å². The lowest BCUT2D eigenvalue weighted by molar-refractivity contribution is -0.150. The first-order valence-corrected chi connectivity index (χ1v) is 11.7. The second-order valence-electron chi connectivity index (χ2n) is 10.9. The fourth-order valence-corrected chi connectivity index (χ4v) is 5.49. The van der Waals surface area contributed by atoms with Gasteiger partial charge in [0, 0.05) is 25.0 Å². The summed E-state index contributed by atoms with van der Waals surface area (Å²) in [6.07, 6.45) is 7.51. The molecule has 0 aromatic carbocycles. The van der Waals surface area contributed by atoms with E-state index < -0.39 is 0 Å². The normalized spacial score (nSPS) is 23.3. The minimum absolute atomic E-state index is 0.229. The van der Waals surface area contributed by atoms with Crippen molar-refractivity contribution in [2.24, 2.45) is 22.7 Å². The van der Waals surface area contributed by atoms with Crippen LogP contribution in [0.1, 0.15) is 80.1 Å². The molecule has 2 aliphatic rings. The highest BCUT2D eigenvalue weighted by molar-refractivity contribution is 5.82. The van der Waals surface area contributed by atoms with Gasteiger partial charge in [-0.25, -0.2) is 0 Å². The van der Waals surface area contributed by atoms with E-state index in [9.17, 15) is 4.79 Å². The molecule has 0 aromatic heterocycles. The Balaban J connectivity index is 2.07. The first-order chi connectivity index (χ1) is 13.1. The van der Waals surface area contributed by atoms with Crippen LogP contribution in [0.3, 0.4) is 0 Å². The van der Waals surface area contributed by atoms with E-state index in [2.05, 4.69) is 51.3 Å². The molecule has 2 unspecified atom stereocenters. The van der Waals surface area contributed by atoms with E-state index in [1.54, 1.807) is 0 Å². The monoisotopic (exact) mass is 394 g/mol. The summed E-state index contributed by atoms with van der Waals surface area (Å²) in [6.45, 7) is 20.4. The number of hydrogen-bond donors (Lipinski definition) is 0. The van der Waals surface area contributed by atoms with E-state index in [4.69, 9.17) is 4.74 Å². The molecule has 164 valence electrons. The van der Waals surface area contributed by atoms with Crippen LogP contribution in [0, 0.1) is 22.7 Å². The molecule has 0 bridgehead atoms. The van der Waals surface area contributed by atoms with E-state index in [0.717, 1.165) is 32.5 Å². The molecule has 1 amide bonds. The molecule has 0 spiro atoms. The van der Waals surface area contributed by atoms with Crippen molar-refractivity contribution in [3.05, 3.63) is 0 Å². The molecule has 4 heteroatoms. The average molecular weight is 395 g/mol. The number of hydrogen-bond acceptors (Lipinski definition) is 3. The SMILES string of the molecule is CC(C)CC(C)(C(=O)N1CCOCC1)C(C)CC(C)(C)CN1CCCCCC1. The smallest absolute Gasteiger partial charge is 0.228 e. The first kappa shape index (κ1) is 23.7. The highest BCUT2D eigenvalue weighted by Gasteiger charge is 2.44. The molecule has 2 rings (SSSR count). The molecular formula is C24H46N2O2. The highest BCUT2D eigenvalue weighted by Crippen LogP contribution is 2.42. The van der Waals surface area contributed by atoms with Gasteiger partial charge in [-0.3, -0.25) is 4.79 Å². The fourth-order valence-electron chi connectivity index (χ4n) is 5.49. The number of rotatable bonds is 8. The van der Waals surface area contributed by atoms with Gasteiger partial charge in [-0.15, -0.1) is 0 Å². The van der Waals surface area contributed by atoms with Crippen LogP contribution in [0.4, 0.5) is 0 Å².